The van der Waals surface area contributed by atoms with Crippen LogP contribution < -0.4 is 20.4 Å². The minimum absolute atomic E-state index is 0.0223. The number of ether oxygens (including phenoxy) is 4. The van der Waals surface area contributed by atoms with Crippen molar-refractivity contribution in [3.05, 3.63) is 114 Å². The summed E-state index contributed by atoms with van der Waals surface area (Å²) in [5, 5.41) is 8.82. The van der Waals surface area contributed by atoms with E-state index in [4.69, 9.17) is 23.9 Å². The number of esters is 2. The van der Waals surface area contributed by atoms with Gasteiger partial charge in [-0.15, -0.1) is 0 Å². The highest BCUT2D eigenvalue weighted by Gasteiger charge is 2.41. The third-order valence-electron chi connectivity index (χ3n) is 11.7. The number of benzene rings is 3. The molecule has 3 N–H and O–H groups in total. The van der Waals surface area contributed by atoms with Gasteiger partial charge in [0.05, 0.1) is 33.1 Å². The maximum Gasteiger partial charge on any atom is 0.409 e. The van der Waals surface area contributed by atoms with Crippen LogP contribution in [0.15, 0.2) is 97.1 Å². The summed E-state index contributed by atoms with van der Waals surface area (Å²) in [5.41, 5.74) is 2.01. The van der Waals surface area contributed by atoms with E-state index in [1.807, 2.05) is 54.3 Å². The van der Waals surface area contributed by atoms with Crippen LogP contribution in [0, 0.1) is 0 Å². The summed E-state index contributed by atoms with van der Waals surface area (Å²) in [6.07, 6.45) is 1.18. The molecule has 0 spiro atoms. The lowest BCUT2D eigenvalue weighted by Crippen LogP contribution is -2.58. The number of nitrogens with zero attached hydrogens (tertiary/aromatic N) is 5. The third kappa shape index (κ3) is 14.2. The van der Waals surface area contributed by atoms with E-state index >= 15 is 4.57 Å². The Balaban J connectivity index is 1.39. The molecule has 0 radical (unpaired) electrons. The second kappa shape index (κ2) is 24.5. The topological polar surface area (TPSA) is 211 Å². The molecule has 67 heavy (non-hydrogen) atoms. The molecule has 3 aromatic carbocycles. The van der Waals surface area contributed by atoms with Crippen molar-refractivity contribution in [2.75, 3.05) is 78.3 Å². The van der Waals surface area contributed by atoms with Crippen molar-refractivity contribution in [3.63, 3.8) is 0 Å². The van der Waals surface area contributed by atoms with Gasteiger partial charge in [-0.1, -0.05) is 104 Å². The van der Waals surface area contributed by atoms with Crippen LogP contribution in [0.5, 0.6) is 0 Å². The molecule has 3 amide bonds. The average Bonchev–Trinajstić information content (AvgIpc) is 3.86. The summed E-state index contributed by atoms with van der Waals surface area (Å²) in [5.74, 6) is -2.15. The standard InChI is InChI=1S/C48H61N8O10P/c1-5-6-28-66-48(61)55-26-24-54(25-27-55)45(58)41(50-44(57)38-31-42(56-23-22-37(32-56)63-2)51-43(49-38)36-20-14-9-15-21-36)33-67(62,52-39(46(59)64-3)29-34-16-10-7-11-17-34)53-40(47(60)65-4)30-35-18-12-8-13-19-35/h7-21,31,37,39-41H,5-6,22-30,32-33H2,1-4H3,(H,50,57)(H2,52,53,62)/t37-,39-,40-,41?/m0/s1. The Labute approximate surface area is 391 Å². The van der Waals surface area contributed by atoms with E-state index in [0.717, 1.165) is 12.8 Å². The van der Waals surface area contributed by atoms with E-state index < -0.39 is 61.6 Å². The first-order valence-corrected chi connectivity index (χ1v) is 24.4. The van der Waals surface area contributed by atoms with Gasteiger partial charge in [0.15, 0.2) is 5.82 Å². The van der Waals surface area contributed by atoms with Crippen molar-refractivity contribution in [3.8, 4) is 11.4 Å². The zero-order valence-corrected chi connectivity index (χ0v) is 39.4. The van der Waals surface area contributed by atoms with Gasteiger partial charge in [0, 0.05) is 58.0 Å². The van der Waals surface area contributed by atoms with E-state index in [1.54, 1.807) is 61.7 Å². The molecule has 4 atom stereocenters. The van der Waals surface area contributed by atoms with Gasteiger partial charge in [-0.05, 0) is 36.8 Å². The molecule has 2 aliphatic heterocycles. The lowest BCUT2D eigenvalue weighted by atomic mass is 10.1. The molecular formula is C48H61N8O10P. The number of amides is 3. The van der Waals surface area contributed by atoms with Crippen molar-refractivity contribution in [2.24, 2.45) is 0 Å². The summed E-state index contributed by atoms with van der Waals surface area (Å²) in [6.45, 7) is 3.82. The molecule has 2 saturated heterocycles. The van der Waals surface area contributed by atoms with Crippen LogP contribution in [-0.4, -0.2) is 147 Å². The zero-order valence-electron chi connectivity index (χ0n) is 38.5. The molecule has 2 fully saturated rings. The Bertz CT molecular complexity index is 2250. The molecule has 2 aliphatic rings. The largest absolute Gasteiger partial charge is 0.468 e. The molecule has 0 aliphatic carbocycles. The molecule has 1 unspecified atom stereocenters. The van der Waals surface area contributed by atoms with Crippen LogP contribution in [0.25, 0.3) is 11.4 Å². The fraction of sp³-hybridized carbons (Fsp3) is 0.438. The van der Waals surface area contributed by atoms with Crippen molar-refractivity contribution in [1.82, 2.24) is 35.3 Å². The highest BCUT2D eigenvalue weighted by Crippen LogP contribution is 2.40. The molecule has 0 saturated carbocycles. The van der Waals surface area contributed by atoms with Gasteiger partial charge >= 0.3 is 18.0 Å². The van der Waals surface area contributed by atoms with E-state index in [-0.39, 0.29) is 63.2 Å². The first-order valence-electron chi connectivity index (χ1n) is 22.5. The highest BCUT2D eigenvalue weighted by molar-refractivity contribution is 7.60. The molecule has 3 heterocycles. The number of carbonyl (C=O) groups is 5. The number of hydrogen-bond acceptors (Lipinski definition) is 13. The molecule has 1 aromatic heterocycles. The smallest absolute Gasteiger partial charge is 0.409 e. The maximum atomic E-state index is 15.9. The zero-order chi connectivity index (χ0) is 47.8. The predicted octanol–water partition coefficient (Wildman–Crippen LogP) is 4.49. The van der Waals surface area contributed by atoms with Crippen molar-refractivity contribution in [1.29, 1.82) is 0 Å². The summed E-state index contributed by atoms with van der Waals surface area (Å²) in [4.78, 5) is 84.1. The fourth-order valence-corrected chi connectivity index (χ4v) is 10.4. The second-order valence-electron chi connectivity index (χ2n) is 16.4. The number of anilines is 1. The quantitative estimate of drug-likeness (QED) is 0.0455. The Morgan fingerprint density at radius 3 is 1.81 bits per heavy atom. The number of unbranched alkanes of at least 4 members (excludes halogenated alkanes) is 1. The van der Waals surface area contributed by atoms with Gasteiger partial charge in [0.1, 0.15) is 29.6 Å². The molecule has 18 nitrogen and oxygen atoms in total. The molecule has 0 bridgehead atoms. The monoisotopic (exact) mass is 940 g/mol. The van der Waals surface area contributed by atoms with E-state index in [1.165, 1.54) is 24.0 Å². The number of piperazine rings is 1. The number of hydrogen-bond donors (Lipinski definition) is 3. The van der Waals surface area contributed by atoms with Crippen molar-refractivity contribution < 1.29 is 47.5 Å². The molecule has 19 heteroatoms. The summed E-state index contributed by atoms with van der Waals surface area (Å²) in [7, 11) is -0.337. The summed E-state index contributed by atoms with van der Waals surface area (Å²) in [6, 6.07) is 24.7. The van der Waals surface area contributed by atoms with Crippen LogP contribution in [-0.2, 0) is 50.7 Å². The molecule has 4 aromatic rings. The van der Waals surface area contributed by atoms with Crippen LogP contribution in [0.2, 0.25) is 0 Å². The number of rotatable bonds is 21. The van der Waals surface area contributed by atoms with Gasteiger partial charge in [-0.25, -0.2) is 24.9 Å². The highest BCUT2D eigenvalue weighted by atomic mass is 31.2. The van der Waals surface area contributed by atoms with Gasteiger partial charge in [-0.3, -0.25) is 23.7 Å². The SMILES string of the molecule is CCCCOC(=O)N1CCN(C(=O)C(CP(=O)(N[C@@H](Cc2ccccc2)C(=O)OC)N[C@@H](Cc2ccccc2)C(=O)OC)NC(=O)c2cc(N3CC[C@H](OC)C3)nc(-c3ccccc3)n2)CC1. The summed E-state index contributed by atoms with van der Waals surface area (Å²) >= 11 is 0. The lowest BCUT2D eigenvalue weighted by Gasteiger charge is -2.37. The number of nitrogens with one attached hydrogen (secondary N) is 3. The Hall–Kier alpha value is -6.20. The third-order valence-corrected chi connectivity index (χ3v) is 14.0. The first-order chi connectivity index (χ1) is 32.4. The fourth-order valence-electron chi connectivity index (χ4n) is 7.95. The minimum Gasteiger partial charge on any atom is -0.468 e. The van der Waals surface area contributed by atoms with Crippen LogP contribution in [0.3, 0.4) is 0 Å². The van der Waals surface area contributed by atoms with E-state index in [2.05, 4.69) is 20.5 Å². The predicted molar refractivity (Wildman–Crippen MR) is 251 cm³/mol. The van der Waals surface area contributed by atoms with E-state index in [9.17, 15) is 24.0 Å². The Morgan fingerprint density at radius 1 is 0.731 bits per heavy atom. The van der Waals surface area contributed by atoms with Gasteiger partial charge in [0.25, 0.3) is 5.91 Å². The van der Waals surface area contributed by atoms with Crippen molar-refractivity contribution in [2.45, 2.75) is 63.3 Å². The normalized spacial score (nSPS) is 16.4. The first kappa shape index (κ1) is 50.2. The number of carbonyl (C=O) groups excluding carboxylic acids is 5. The van der Waals surface area contributed by atoms with Gasteiger partial charge in [0.2, 0.25) is 13.4 Å². The molecule has 358 valence electrons. The Kier molecular flexibility index (Phi) is 18.4. The van der Waals surface area contributed by atoms with Crippen LogP contribution in [0.4, 0.5) is 10.6 Å². The minimum atomic E-state index is -4.39. The number of aromatic nitrogens is 2. The summed E-state index contributed by atoms with van der Waals surface area (Å²) < 4.78 is 37.3. The number of methoxy groups -OCH3 is 3. The lowest BCUT2D eigenvalue weighted by molar-refractivity contribution is -0.143. The Morgan fingerprint density at radius 2 is 1.28 bits per heavy atom. The van der Waals surface area contributed by atoms with Gasteiger partial charge < -0.3 is 39.0 Å². The molecule has 6 rings (SSSR count). The van der Waals surface area contributed by atoms with Gasteiger partial charge in [-0.2, -0.15) is 0 Å². The van der Waals surface area contributed by atoms with Crippen LogP contribution >= 0.6 is 7.44 Å². The molecular weight excluding hydrogens is 880 g/mol. The average molecular weight is 941 g/mol. The van der Waals surface area contributed by atoms with E-state index in [0.29, 0.717) is 42.0 Å². The van der Waals surface area contributed by atoms with Crippen molar-refractivity contribution >= 4 is 43.1 Å². The second-order valence-corrected chi connectivity index (χ2v) is 18.8. The van der Waals surface area contributed by atoms with Crippen LogP contribution in [0.1, 0.15) is 47.8 Å². The maximum absolute atomic E-state index is 15.9.